The van der Waals surface area contributed by atoms with Gasteiger partial charge in [0, 0.05) is 38.4 Å². The molecule has 0 spiro atoms. The van der Waals surface area contributed by atoms with Gasteiger partial charge in [0.1, 0.15) is 5.60 Å². The second kappa shape index (κ2) is 6.05. The molecule has 6 heteroatoms. The van der Waals surface area contributed by atoms with E-state index in [0.717, 1.165) is 18.7 Å². The van der Waals surface area contributed by atoms with Crippen LogP contribution in [-0.4, -0.2) is 57.5 Å². The summed E-state index contributed by atoms with van der Waals surface area (Å²) in [6.45, 7) is 11.0. The number of carbonyl (C=O) groups is 1. The molecule has 21 heavy (non-hydrogen) atoms. The lowest BCUT2D eigenvalue weighted by Gasteiger charge is -2.40. The number of piperazine rings is 1. The molecule has 1 aliphatic rings. The molecule has 1 atom stereocenters. The van der Waals surface area contributed by atoms with E-state index >= 15 is 0 Å². The van der Waals surface area contributed by atoms with Crippen molar-refractivity contribution in [3.63, 3.8) is 0 Å². The topological polar surface area (TPSA) is 50.6 Å². The number of rotatable bonds is 2. The second-order valence-electron chi connectivity index (χ2n) is 6.52. The van der Waals surface area contributed by atoms with E-state index in [2.05, 4.69) is 16.9 Å². The first-order valence-electron chi connectivity index (χ1n) is 7.50. The molecule has 0 N–H and O–H groups in total. The van der Waals surface area contributed by atoms with E-state index in [1.54, 1.807) is 9.58 Å². The molecule has 6 nitrogen and oxygen atoms in total. The number of hydrogen-bond acceptors (Lipinski definition) is 4. The molecule has 2 heterocycles. The zero-order chi connectivity index (χ0) is 15.6. The Balaban J connectivity index is 2.10. The molecule has 0 saturated carbocycles. The molecule has 1 fully saturated rings. The monoisotopic (exact) mass is 294 g/mol. The largest absolute Gasteiger partial charge is 0.444 e. The van der Waals surface area contributed by atoms with Crippen molar-refractivity contribution in [3.8, 4) is 0 Å². The molecule has 0 aliphatic carbocycles. The van der Waals surface area contributed by atoms with Gasteiger partial charge in [0.25, 0.3) is 0 Å². The number of aryl methyl sites for hydroxylation is 1. The summed E-state index contributed by atoms with van der Waals surface area (Å²) in [5, 5.41) is 4.25. The average molecular weight is 294 g/mol. The number of aromatic nitrogens is 2. The van der Waals surface area contributed by atoms with Gasteiger partial charge in [0.05, 0.1) is 12.2 Å². The first-order chi connectivity index (χ1) is 9.80. The maximum absolute atomic E-state index is 12.3. The van der Waals surface area contributed by atoms with Crippen molar-refractivity contribution in [2.45, 2.75) is 39.3 Å². The summed E-state index contributed by atoms with van der Waals surface area (Å²) in [4.78, 5) is 16.4. The third-order valence-electron chi connectivity index (χ3n) is 3.66. The number of likely N-dealkylation sites (N-methyl/N-ethyl adjacent to an activating group) is 1. The Morgan fingerprint density at radius 2 is 2.14 bits per heavy atom. The number of carbonyl (C=O) groups excluding carboxylic acids is 1. The van der Waals surface area contributed by atoms with Crippen LogP contribution >= 0.6 is 0 Å². The van der Waals surface area contributed by atoms with Crippen LogP contribution in [0.5, 0.6) is 0 Å². The van der Waals surface area contributed by atoms with E-state index in [0.29, 0.717) is 13.1 Å². The van der Waals surface area contributed by atoms with E-state index < -0.39 is 5.60 Å². The molecule has 2 rings (SSSR count). The fourth-order valence-electron chi connectivity index (χ4n) is 2.62. The molecule has 0 aromatic carbocycles. The zero-order valence-corrected chi connectivity index (χ0v) is 13.7. The van der Waals surface area contributed by atoms with Crippen LogP contribution < -0.4 is 0 Å². The summed E-state index contributed by atoms with van der Waals surface area (Å²) < 4.78 is 7.28. The molecular weight excluding hydrogens is 268 g/mol. The molecule has 1 aromatic heterocycles. The van der Waals surface area contributed by atoms with Crippen LogP contribution in [0.15, 0.2) is 12.4 Å². The Hall–Kier alpha value is -1.56. The van der Waals surface area contributed by atoms with Crippen LogP contribution in [0, 0.1) is 0 Å². The van der Waals surface area contributed by atoms with Crippen molar-refractivity contribution in [1.82, 2.24) is 19.6 Å². The van der Waals surface area contributed by atoms with Crippen LogP contribution in [0.2, 0.25) is 0 Å². The SMILES string of the molecule is CCN1CCN(C(=O)OC(C)(C)C)CC1c1cnn(C)c1. The smallest absolute Gasteiger partial charge is 0.410 e. The predicted molar refractivity (Wildman–Crippen MR) is 81.0 cm³/mol. The summed E-state index contributed by atoms with van der Waals surface area (Å²) in [6.07, 6.45) is 3.67. The van der Waals surface area contributed by atoms with Gasteiger partial charge in [0.2, 0.25) is 0 Å². The Morgan fingerprint density at radius 1 is 1.43 bits per heavy atom. The minimum Gasteiger partial charge on any atom is -0.444 e. The van der Waals surface area contributed by atoms with Crippen LogP contribution in [0.4, 0.5) is 4.79 Å². The standard InChI is InChI=1S/C15H26N4O2/c1-6-18-7-8-19(14(20)21-15(2,3)4)11-13(18)12-9-16-17(5)10-12/h9-10,13H,6-8,11H2,1-5H3. The van der Waals surface area contributed by atoms with Gasteiger partial charge in [0.15, 0.2) is 0 Å². The van der Waals surface area contributed by atoms with Crippen molar-refractivity contribution in [2.24, 2.45) is 7.05 Å². The fraction of sp³-hybridized carbons (Fsp3) is 0.733. The lowest BCUT2D eigenvalue weighted by atomic mass is 10.1. The highest BCUT2D eigenvalue weighted by atomic mass is 16.6. The first kappa shape index (κ1) is 15.8. The van der Waals surface area contributed by atoms with E-state index in [-0.39, 0.29) is 12.1 Å². The molecule has 1 aromatic rings. The van der Waals surface area contributed by atoms with Crippen molar-refractivity contribution >= 4 is 6.09 Å². The van der Waals surface area contributed by atoms with Crippen molar-refractivity contribution < 1.29 is 9.53 Å². The number of hydrogen-bond donors (Lipinski definition) is 0. The Bertz CT molecular complexity index is 492. The van der Waals surface area contributed by atoms with Gasteiger partial charge in [-0.25, -0.2) is 4.79 Å². The van der Waals surface area contributed by atoms with E-state index in [1.807, 2.05) is 40.2 Å². The number of amides is 1. The quantitative estimate of drug-likeness (QED) is 0.837. The molecule has 1 saturated heterocycles. The minimum absolute atomic E-state index is 0.185. The van der Waals surface area contributed by atoms with Gasteiger partial charge < -0.3 is 9.64 Å². The highest BCUT2D eigenvalue weighted by molar-refractivity contribution is 5.68. The third-order valence-corrected chi connectivity index (χ3v) is 3.66. The molecule has 1 amide bonds. The van der Waals surface area contributed by atoms with Crippen LogP contribution in [0.1, 0.15) is 39.3 Å². The molecule has 118 valence electrons. The molecular formula is C15H26N4O2. The Labute approximate surface area is 126 Å². The van der Waals surface area contributed by atoms with Crippen molar-refractivity contribution in [2.75, 3.05) is 26.2 Å². The normalized spacial score (nSPS) is 20.6. The Kier molecular flexibility index (Phi) is 4.56. The molecule has 0 radical (unpaired) electrons. The van der Waals surface area contributed by atoms with Gasteiger partial charge in [-0.2, -0.15) is 5.10 Å². The third kappa shape index (κ3) is 3.97. The lowest BCUT2D eigenvalue weighted by Crippen LogP contribution is -2.51. The van der Waals surface area contributed by atoms with Crippen LogP contribution in [-0.2, 0) is 11.8 Å². The maximum atomic E-state index is 12.3. The lowest BCUT2D eigenvalue weighted by molar-refractivity contribution is 0.00427. The van der Waals surface area contributed by atoms with Crippen molar-refractivity contribution in [3.05, 3.63) is 18.0 Å². The molecule has 1 aliphatic heterocycles. The van der Waals surface area contributed by atoms with Gasteiger partial charge in [-0.3, -0.25) is 9.58 Å². The Morgan fingerprint density at radius 3 is 2.67 bits per heavy atom. The van der Waals surface area contributed by atoms with E-state index in [9.17, 15) is 4.79 Å². The highest BCUT2D eigenvalue weighted by Crippen LogP contribution is 2.25. The zero-order valence-electron chi connectivity index (χ0n) is 13.7. The van der Waals surface area contributed by atoms with Gasteiger partial charge in [-0.1, -0.05) is 6.92 Å². The minimum atomic E-state index is -0.456. The highest BCUT2D eigenvalue weighted by Gasteiger charge is 2.32. The van der Waals surface area contributed by atoms with Crippen LogP contribution in [0.25, 0.3) is 0 Å². The number of ether oxygens (including phenoxy) is 1. The summed E-state index contributed by atoms with van der Waals surface area (Å²) >= 11 is 0. The number of nitrogens with zero attached hydrogens (tertiary/aromatic N) is 4. The fourth-order valence-corrected chi connectivity index (χ4v) is 2.62. The molecule has 1 unspecified atom stereocenters. The van der Waals surface area contributed by atoms with E-state index in [1.165, 1.54) is 0 Å². The van der Waals surface area contributed by atoms with Gasteiger partial charge in [-0.15, -0.1) is 0 Å². The summed E-state index contributed by atoms with van der Waals surface area (Å²) in [7, 11) is 1.91. The van der Waals surface area contributed by atoms with Gasteiger partial charge >= 0.3 is 6.09 Å². The molecule has 0 bridgehead atoms. The average Bonchev–Trinajstić information content (AvgIpc) is 2.82. The predicted octanol–water partition coefficient (Wildman–Crippen LogP) is 2.03. The summed E-state index contributed by atoms with van der Waals surface area (Å²) in [5.41, 5.74) is 0.690. The van der Waals surface area contributed by atoms with E-state index in [4.69, 9.17) is 4.74 Å². The van der Waals surface area contributed by atoms with Crippen LogP contribution in [0.3, 0.4) is 0 Å². The second-order valence-corrected chi connectivity index (χ2v) is 6.52. The first-order valence-corrected chi connectivity index (χ1v) is 7.50. The summed E-state index contributed by atoms with van der Waals surface area (Å²) in [6, 6.07) is 0.185. The van der Waals surface area contributed by atoms with Crippen molar-refractivity contribution in [1.29, 1.82) is 0 Å². The maximum Gasteiger partial charge on any atom is 0.410 e. The van der Waals surface area contributed by atoms with Gasteiger partial charge in [-0.05, 0) is 27.3 Å². The summed E-state index contributed by atoms with van der Waals surface area (Å²) in [5.74, 6) is 0.